The summed E-state index contributed by atoms with van der Waals surface area (Å²) in [5.74, 6) is 1.38. The third kappa shape index (κ3) is 2.11. The molecule has 0 N–H and O–H groups in total. The van der Waals surface area contributed by atoms with E-state index in [1.165, 1.54) is 38.5 Å². The molecule has 0 aliphatic heterocycles. The first-order valence-corrected chi connectivity index (χ1v) is 7.28. The Balaban J connectivity index is 2.24. The predicted molar refractivity (Wildman–Crippen MR) is 68.6 cm³/mol. The van der Waals surface area contributed by atoms with E-state index in [0.29, 0.717) is 11.3 Å². The molecule has 0 heterocycles. The molecule has 2 rings (SSSR count). The summed E-state index contributed by atoms with van der Waals surface area (Å²) in [6, 6.07) is 0. The molecule has 0 bridgehead atoms. The number of ether oxygens (including phenoxy) is 1. The molecule has 4 atom stereocenters. The van der Waals surface area contributed by atoms with E-state index in [1.54, 1.807) is 6.92 Å². The van der Waals surface area contributed by atoms with E-state index in [2.05, 4.69) is 13.8 Å². The van der Waals surface area contributed by atoms with Gasteiger partial charge in [-0.3, -0.25) is 4.79 Å². The first-order chi connectivity index (χ1) is 8.11. The van der Waals surface area contributed by atoms with Crippen molar-refractivity contribution in [3.05, 3.63) is 0 Å². The molecule has 2 aliphatic carbocycles. The lowest BCUT2D eigenvalue weighted by atomic mass is 9.58. The molecule has 2 nitrogen and oxygen atoms in total. The molecule has 2 unspecified atom stereocenters. The Hall–Kier alpha value is -0.530. The van der Waals surface area contributed by atoms with Gasteiger partial charge in [0, 0.05) is 12.3 Å². The quantitative estimate of drug-likeness (QED) is 0.681. The zero-order valence-electron chi connectivity index (χ0n) is 11.5. The van der Waals surface area contributed by atoms with Crippen molar-refractivity contribution in [1.29, 1.82) is 0 Å². The third-order valence-electron chi connectivity index (χ3n) is 5.34. The normalized spacial score (nSPS) is 41.7. The van der Waals surface area contributed by atoms with Crippen molar-refractivity contribution < 1.29 is 9.53 Å². The minimum atomic E-state index is -0.0936. The zero-order chi connectivity index (χ0) is 12.5. The minimum Gasteiger partial charge on any atom is -0.462 e. The second kappa shape index (κ2) is 4.99. The molecule has 2 aliphatic rings. The zero-order valence-corrected chi connectivity index (χ0v) is 11.5. The summed E-state index contributed by atoms with van der Waals surface area (Å²) in [5, 5.41) is 0. The van der Waals surface area contributed by atoms with Crippen LogP contribution < -0.4 is 0 Å². The fourth-order valence-corrected chi connectivity index (χ4v) is 4.62. The van der Waals surface area contributed by atoms with Crippen LogP contribution in [0.1, 0.15) is 65.7 Å². The first-order valence-electron chi connectivity index (χ1n) is 7.28. The molecular weight excluding hydrogens is 212 g/mol. The molecule has 2 saturated carbocycles. The van der Waals surface area contributed by atoms with Gasteiger partial charge < -0.3 is 4.74 Å². The fourth-order valence-electron chi connectivity index (χ4n) is 4.62. The van der Waals surface area contributed by atoms with E-state index < -0.39 is 0 Å². The van der Waals surface area contributed by atoms with Crippen molar-refractivity contribution in [2.45, 2.75) is 71.8 Å². The van der Waals surface area contributed by atoms with E-state index >= 15 is 0 Å². The molecule has 0 radical (unpaired) electrons. The lowest BCUT2D eigenvalue weighted by molar-refractivity contribution is -0.160. The summed E-state index contributed by atoms with van der Waals surface area (Å²) < 4.78 is 5.67. The smallest absolute Gasteiger partial charge is 0.302 e. The van der Waals surface area contributed by atoms with E-state index in [1.807, 2.05) is 0 Å². The van der Waals surface area contributed by atoms with Gasteiger partial charge in [-0.2, -0.15) is 0 Å². The van der Waals surface area contributed by atoms with Gasteiger partial charge in [0.25, 0.3) is 0 Å². The summed E-state index contributed by atoms with van der Waals surface area (Å²) in [5.41, 5.74) is 0.304. The van der Waals surface area contributed by atoms with Crippen LogP contribution in [0.25, 0.3) is 0 Å². The van der Waals surface area contributed by atoms with Gasteiger partial charge in [0.1, 0.15) is 6.10 Å². The molecule has 17 heavy (non-hydrogen) atoms. The largest absolute Gasteiger partial charge is 0.462 e. The average molecular weight is 238 g/mol. The molecule has 0 aromatic heterocycles. The standard InChI is InChI=1S/C15H26O2/c1-4-13-8-5-7-11(2)15(13)10-6-9-14(15)17-12(3)16/h11,13-14H,4-10H2,1-3H3/t11-,13-,14?,15?/m1/s1. The SMILES string of the molecule is CC[C@@H]1CCC[C@@H](C)C12CCCC2OC(C)=O. The highest BCUT2D eigenvalue weighted by Gasteiger charge is 2.53. The third-order valence-corrected chi connectivity index (χ3v) is 5.34. The highest BCUT2D eigenvalue weighted by atomic mass is 16.5. The summed E-state index contributed by atoms with van der Waals surface area (Å²) in [7, 11) is 0. The van der Waals surface area contributed by atoms with E-state index in [-0.39, 0.29) is 12.1 Å². The van der Waals surface area contributed by atoms with Crippen LogP contribution in [0.15, 0.2) is 0 Å². The van der Waals surface area contributed by atoms with Crippen molar-refractivity contribution in [2.24, 2.45) is 17.3 Å². The highest BCUT2D eigenvalue weighted by molar-refractivity contribution is 5.66. The van der Waals surface area contributed by atoms with Crippen LogP contribution in [-0.2, 0) is 9.53 Å². The van der Waals surface area contributed by atoms with Gasteiger partial charge in [0.2, 0.25) is 0 Å². The van der Waals surface area contributed by atoms with Crippen LogP contribution in [0.2, 0.25) is 0 Å². The second-order valence-electron chi connectivity index (χ2n) is 6.04. The lowest BCUT2D eigenvalue weighted by Gasteiger charge is -2.49. The molecule has 0 amide bonds. The number of esters is 1. The summed E-state index contributed by atoms with van der Waals surface area (Å²) in [6.45, 7) is 6.23. The fraction of sp³-hybridized carbons (Fsp3) is 0.933. The maximum Gasteiger partial charge on any atom is 0.302 e. The molecule has 0 saturated heterocycles. The summed E-state index contributed by atoms with van der Waals surface area (Å²) in [6.07, 6.45) is 9.02. The number of carbonyl (C=O) groups excluding carboxylic acids is 1. The van der Waals surface area contributed by atoms with Crippen molar-refractivity contribution in [3.8, 4) is 0 Å². The number of rotatable bonds is 2. The average Bonchev–Trinajstić information content (AvgIpc) is 2.67. The number of hydrogen-bond acceptors (Lipinski definition) is 2. The maximum atomic E-state index is 11.3. The predicted octanol–water partition coefficient (Wildman–Crippen LogP) is 3.93. The van der Waals surface area contributed by atoms with E-state index in [4.69, 9.17) is 4.74 Å². The molecule has 2 fully saturated rings. The second-order valence-corrected chi connectivity index (χ2v) is 6.04. The molecular formula is C15H26O2. The Morgan fingerprint density at radius 2 is 2.06 bits per heavy atom. The van der Waals surface area contributed by atoms with Gasteiger partial charge in [0.15, 0.2) is 0 Å². The maximum absolute atomic E-state index is 11.3. The van der Waals surface area contributed by atoms with Gasteiger partial charge >= 0.3 is 5.97 Å². The Labute approximate surface area is 105 Å². The monoisotopic (exact) mass is 238 g/mol. The summed E-state index contributed by atoms with van der Waals surface area (Å²) in [4.78, 5) is 11.3. The van der Waals surface area contributed by atoms with Gasteiger partial charge in [-0.05, 0) is 37.5 Å². The van der Waals surface area contributed by atoms with Crippen LogP contribution in [0.3, 0.4) is 0 Å². The topological polar surface area (TPSA) is 26.3 Å². The van der Waals surface area contributed by atoms with E-state index in [0.717, 1.165) is 12.3 Å². The lowest BCUT2D eigenvalue weighted by Crippen LogP contribution is -2.47. The van der Waals surface area contributed by atoms with Crippen molar-refractivity contribution in [2.75, 3.05) is 0 Å². The number of carbonyl (C=O) groups is 1. The van der Waals surface area contributed by atoms with Crippen LogP contribution in [0.5, 0.6) is 0 Å². The molecule has 0 aromatic rings. The Morgan fingerprint density at radius 3 is 2.71 bits per heavy atom. The Bertz CT molecular complexity index is 287. The van der Waals surface area contributed by atoms with Crippen molar-refractivity contribution >= 4 is 5.97 Å². The number of hydrogen-bond donors (Lipinski definition) is 0. The van der Waals surface area contributed by atoms with Crippen LogP contribution >= 0.6 is 0 Å². The molecule has 98 valence electrons. The van der Waals surface area contributed by atoms with Crippen LogP contribution in [-0.4, -0.2) is 12.1 Å². The first kappa shape index (κ1) is 12.9. The van der Waals surface area contributed by atoms with Crippen LogP contribution in [0.4, 0.5) is 0 Å². The highest BCUT2D eigenvalue weighted by Crippen LogP contribution is 2.57. The molecule has 0 aromatic carbocycles. The summed E-state index contributed by atoms with van der Waals surface area (Å²) >= 11 is 0. The van der Waals surface area contributed by atoms with Crippen LogP contribution in [0, 0.1) is 17.3 Å². The Morgan fingerprint density at radius 1 is 1.29 bits per heavy atom. The van der Waals surface area contributed by atoms with E-state index in [9.17, 15) is 4.79 Å². The van der Waals surface area contributed by atoms with Gasteiger partial charge in [-0.1, -0.05) is 33.1 Å². The molecule has 1 spiro atoms. The molecule has 2 heteroatoms. The van der Waals surface area contributed by atoms with Gasteiger partial charge in [0.05, 0.1) is 0 Å². The van der Waals surface area contributed by atoms with Crippen molar-refractivity contribution in [3.63, 3.8) is 0 Å². The van der Waals surface area contributed by atoms with Crippen molar-refractivity contribution in [1.82, 2.24) is 0 Å². The Kier molecular flexibility index (Phi) is 3.79. The minimum absolute atomic E-state index is 0.0936. The van der Waals surface area contributed by atoms with Gasteiger partial charge in [-0.25, -0.2) is 0 Å². The van der Waals surface area contributed by atoms with Gasteiger partial charge in [-0.15, -0.1) is 0 Å².